The zero-order valence-corrected chi connectivity index (χ0v) is 12.1. The van der Waals surface area contributed by atoms with Gasteiger partial charge in [-0.3, -0.25) is 9.59 Å². The Kier molecular flexibility index (Phi) is 5.55. The van der Waals surface area contributed by atoms with Crippen molar-refractivity contribution in [2.75, 3.05) is 13.1 Å². The first-order valence-corrected chi connectivity index (χ1v) is 7.86. The molecule has 0 aromatic carbocycles. The summed E-state index contributed by atoms with van der Waals surface area (Å²) in [7, 11) is 0. The van der Waals surface area contributed by atoms with Crippen LogP contribution in [0, 0.1) is 5.92 Å². The number of aliphatic hydroxyl groups excluding tert-OH is 1. The molecule has 1 fully saturated rings. The van der Waals surface area contributed by atoms with Crippen LogP contribution in [0.3, 0.4) is 0 Å². The Morgan fingerprint density at radius 3 is 2.85 bits per heavy atom. The standard InChI is InChI=1S/C14H20N2O3S/c17-12-3-1-2-10(12)8-16-13(18)4-6-15-14(19)11-5-7-20-9-11/h5,7,9-10,12,17H,1-4,6,8H2,(H,15,19)(H,16,18). The molecule has 3 N–H and O–H groups in total. The summed E-state index contributed by atoms with van der Waals surface area (Å²) in [6, 6.07) is 1.75. The Balaban J connectivity index is 1.59. The molecule has 0 saturated heterocycles. The number of hydrogen-bond donors (Lipinski definition) is 3. The summed E-state index contributed by atoms with van der Waals surface area (Å²) in [6.07, 6.45) is 2.80. The molecular weight excluding hydrogens is 276 g/mol. The van der Waals surface area contributed by atoms with Crippen molar-refractivity contribution in [2.45, 2.75) is 31.8 Å². The van der Waals surface area contributed by atoms with Gasteiger partial charge in [0.2, 0.25) is 5.91 Å². The Morgan fingerprint density at radius 2 is 2.20 bits per heavy atom. The molecule has 0 radical (unpaired) electrons. The van der Waals surface area contributed by atoms with Gasteiger partial charge in [-0.25, -0.2) is 0 Å². The van der Waals surface area contributed by atoms with E-state index in [9.17, 15) is 14.7 Å². The molecule has 1 aliphatic rings. The van der Waals surface area contributed by atoms with Crippen molar-refractivity contribution in [3.8, 4) is 0 Å². The van der Waals surface area contributed by atoms with Crippen LogP contribution in [0.5, 0.6) is 0 Å². The largest absolute Gasteiger partial charge is 0.393 e. The molecule has 2 unspecified atom stereocenters. The maximum atomic E-state index is 11.6. The summed E-state index contributed by atoms with van der Waals surface area (Å²) in [5.41, 5.74) is 0.629. The molecule has 0 spiro atoms. The van der Waals surface area contributed by atoms with E-state index in [1.165, 1.54) is 11.3 Å². The third-order valence-corrected chi connectivity index (χ3v) is 4.28. The predicted octanol–water partition coefficient (Wildman–Crippen LogP) is 1.15. The highest BCUT2D eigenvalue weighted by molar-refractivity contribution is 7.08. The van der Waals surface area contributed by atoms with Crippen LogP contribution in [0.25, 0.3) is 0 Å². The Bertz CT molecular complexity index is 447. The Hall–Kier alpha value is -1.40. The molecule has 20 heavy (non-hydrogen) atoms. The maximum absolute atomic E-state index is 11.6. The normalized spacial score (nSPS) is 21.6. The molecule has 2 atom stereocenters. The molecule has 2 rings (SSSR count). The molecular formula is C14H20N2O3S. The molecule has 0 bridgehead atoms. The highest BCUT2D eigenvalue weighted by Crippen LogP contribution is 2.24. The van der Waals surface area contributed by atoms with Crippen LogP contribution in [-0.2, 0) is 4.79 Å². The van der Waals surface area contributed by atoms with Crippen molar-refractivity contribution in [2.24, 2.45) is 5.92 Å². The summed E-state index contributed by atoms with van der Waals surface area (Å²) in [4.78, 5) is 23.3. The number of hydrogen-bond acceptors (Lipinski definition) is 4. The van der Waals surface area contributed by atoms with E-state index >= 15 is 0 Å². The van der Waals surface area contributed by atoms with Crippen LogP contribution >= 0.6 is 11.3 Å². The van der Waals surface area contributed by atoms with Crippen molar-refractivity contribution >= 4 is 23.2 Å². The molecule has 1 saturated carbocycles. The molecule has 1 heterocycles. The van der Waals surface area contributed by atoms with Gasteiger partial charge in [0, 0.05) is 36.4 Å². The summed E-state index contributed by atoms with van der Waals surface area (Å²) in [5.74, 6) is -0.0562. The quantitative estimate of drug-likeness (QED) is 0.737. The summed E-state index contributed by atoms with van der Waals surface area (Å²) in [5, 5.41) is 18.8. The smallest absolute Gasteiger partial charge is 0.252 e. The second-order valence-electron chi connectivity index (χ2n) is 5.08. The first-order valence-electron chi connectivity index (χ1n) is 6.92. The molecule has 110 valence electrons. The molecule has 1 aromatic rings. The van der Waals surface area contributed by atoms with Crippen molar-refractivity contribution < 1.29 is 14.7 Å². The van der Waals surface area contributed by atoms with E-state index < -0.39 is 0 Å². The lowest BCUT2D eigenvalue weighted by Gasteiger charge is -2.15. The van der Waals surface area contributed by atoms with Crippen molar-refractivity contribution in [1.82, 2.24) is 10.6 Å². The molecule has 5 nitrogen and oxygen atoms in total. The fraction of sp³-hybridized carbons (Fsp3) is 0.571. The lowest BCUT2D eigenvalue weighted by molar-refractivity contribution is -0.121. The van der Waals surface area contributed by atoms with Gasteiger partial charge in [0.1, 0.15) is 0 Å². The van der Waals surface area contributed by atoms with Gasteiger partial charge in [0.25, 0.3) is 5.91 Å². The number of carbonyl (C=O) groups is 2. The highest BCUT2D eigenvalue weighted by Gasteiger charge is 2.25. The number of carbonyl (C=O) groups excluding carboxylic acids is 2. The Labute approximate surface area is 122 Å². The van der Waals surface area contributed by atoms with E-state index in [0.717, 1.165) is 19.3 Å². The number of nitrogens with one attached hydrogen (secondary N) is 2. The summed E-state index contributed by atoms with van der Waals surface area (Å²) < 4.78 is 0. The van der Waals surface area contributed by atoms with Gasteiger partial charge in [-0.1, -0.05) is 6.42 Å². The van der Waals surface area contributed by atoms with Crippen molar-refractivity contribution in [3.63, 3.8) is 0 Å². The van der Waals surface area contributed by atoms with Crippen LogP contribution in [-0.4, -0.2) is 36.1 Å². The van der Waals surface area contributed by atoms with E-state index in [0.29, 0.717) is 18.7 Å². The minimum absolute atomic E-state index is 0.0882. The molecule has 2 amide bonds. The van der Waals surface area contributed by atoms with Crippen LogP contribution in [0.15, 0.2) is 16.8 Å². The molecule has 0 aliphatic heterocycles. The highest BCUT2D eigenvalue weighted by atomic mass is 32.1. The first-order chi connectivity index (χ1) is 9.66. The van der Waals surface area contributed by atoms with E-state index in [1.807, 2.05) is 5.38 Å². The van der Waals surface area contributed by atoms with Gasteiger partial charge in [0.05, 0.1) is 6.10 Å². The topological polar surface area (TPSA) is 78.4 Å². The molecule has 1 aliphatic carbocycles. The summed E-state index contributed by atoms with van der Waals surface area (Å²) >= 11 is 1.47. The van der Waals surface area contributed by atoms with Gasteiger partial charge in [-0.05, 0) is 24.3 Å². The van der Waals surface area contributed by atoms with Crippen LogP contribution in [0.1, 0.15) is 36.0 Å². The zero-order chi connectivity index (χ0) is 14.4. The maximum Gasteiger partial charge on any atom is 0.252 e. The van der Waals surface area contributed by atoms with Crippen molar-refractivity contribution in [1.29, 1.82) is 0 Å². The number of thiophene rings is 1. The lowest BCUT2D eigenvalue weighted by Crippen LogP contribution is -2.35. The summed E-state index contributed by atoms with van der Waals surface area (Å²) in [6.45, 7) is 0.853. The van der Waals surface area contributed by atoms with E-state index in [1.54, 1.807) is 11.4 Å². The average molecular weight is 296 g/mol. The van der Waals surface area contributed by atoms with Gasteiger partial charge in [-0.15, -0.1) is 0 Å². The number of aliphatic hydroxyl groups is 1. The second-order valence-corrected chi connectivity index (χ2v) is 5.86. The van der Waals surface area contributed by atoms with Crippen LogP contribution in [0.4, 0.5) is 0 Å². The fourth-order valence-corrected chi connectivity index (χ4v) is 3.01. The van der Waals surface area contributed by atoms with Gasteiger partial charge >= 0.3 is 0 Å². The van der Waals surface area contributed by atoms with Gasteiger partial charge < -0.3 is 15.7 Å². The van der Waals surface area contributed by atoms with Gasteiger partial charge in [-0.2, -0.15) is 11.3 Å². The van der Waals surface area contributed by atoms with Crippen LogP contribution < -0.4 is 10.6 Å². The second kappa shape index (κ2) is 7.40. The third kappa shape index (κ3) is 4.31. The minimum Gasteiger partial charge on any atom is -0.393 e. The third-order valence-electron chi connectivity index (χ3n) is 3.60. The minimum atomic E-state index is -0.284. The Morgan fingerprint density at radius 1 is 1.35 bits per heavy atom. The van der Waals surface area contributed by atoms with E-state index in [2.05, 4.69) is 10.6 Å². The molecule has 6 heteroatoms. The van der Waals surface area contributed by atoms with Crippen LogP contribution in [0.2, 0.25) is 0 Å². The van der Waals surface area contributed by atoms with Gasteiger partial charge in [0.15, 0.2) is 0 Å². The lowest BCUT2D eigenvalue weighted by atomic mass is 10.1. The zero-order valence-electron chi connectivity index (χ0n) is 11.3. The first kappa shape index (κ1) is 15.0. The number of rotatable bonds is 6. The monoisotopic (exact) mass is 296 g/mol. The average Bonchev–Trinajstić information content (AvgIpc) is 3.07. The SMILES string of the molecule is O=C(CCNC(=O)c1ccsc1)NCC1CCCC1O. The number of amides is 2. The molecule has 1 aromatic heterocycles. The van der Waals surface area contributed by atoms with E-state index in [4.69, 9.17) is 0 Å². The fourth-order valence-electron chi connectivity index (χ4n) is 2.37. The van der Waals surface area contributed by atoms with Crippen molar-refractivity contribution in [3.05, 3.63) is 22.4 Å². The predicted molar refractivity (Wildman–Crippen MR) is 77.6 cm³/mol. The van der Waals surface area contributed by atoms with E-state index in [-0.39, 0.29) is 30.3 Å².